The highest BCUT2D eigenvalue weighted by molar-refractivity contribution is 7.99. The van der Waals surface area contributed by atoms with Gasteiger partial charge in [-0.1, -0.05) is 43.0 Å². The minimum atomic E-state index is -2.99. The minimum absolute atomic E-state index is 0.0953. The third-order valence-electron chi connectivity index (χ3n) is 5.27. The Morgan fingerprint density at radius 3 is 2.38 bits per heavy atom. The Labute approximate surface area is 165 Å². The molecule has 0 aromatic heterocycles. The van der Waals surface area contributed by atoms with Gasteiger partial charge in [0, 0.05) is 22.9 Å². The SMILES string of the molecule is O=C(CSCc1ccc(Cl)cc1)N(C1CCCCC1)C1CCS(=O)(=O)C1. The number of thioether (sulfide) groups is 1. The molecule has 2 aliphatic rings. The first-order chi connectivity index (χ1) is 12.4. The number of nitrogens with zero attached hydrogens (tertiary/aromatic N) is 1. The fourth-order valence-electron chi connectivity index (χ4n) is 3.97. The van der Waals surface area contributed by atoms with Crippen molar-refractivity contribution in [2.24, 2.45) is 0 Å². The molecule has 144 valence electrons. The van der Waals surface area contributed by atoms with Gasteiger partial charge in [0.25, 0.3) is 0 Å². The van der Waals surface area contributed by atoms with E-state index in [9.17, 15) is 13.2 Å². The van der Waals surface area contributed by atoms with Gasteiger partial charge in [-0.15, -0.1) is 11.8 Å². The van der Waals surface area contributed by atoms with Crippen molar-refractivity contribution in [2.45, 2.75) is 56.4 Å². The summed E-state index contributed by atoms with van der Waals surface area (Å²) in [5, 5.41) is 0.709. The molecule has 0 bridgehead atoms. The minimum Gasteiger partial charge on any atom is -0.335 e. The number of sulfone groups is 1. The van der Waals surface area contributed by atoms with Gasteiger partial charge in [0.1, 0.15) is 0 Å². The van der Waals surface area contributed by atoms with Crippen LogP contribution in [0.25, 0.3) is 0 Å². The van der Waals surface area contributed by atoms with Crippen LogP contribution in [0.4, 0.5) is 0 Å². The van der Waals surface area contributed by atoms with E-state index in [2.05, 4.69) is 0 Å². The third-order valence-corrected chi connectivity index (χ3v) is 8.26. The van der Waals surface area contributed by atoms with E-state index in [1.54, 1.807) is 11.8 Å². The van der Waals surface area contributed by atoms with Crippen LogP contribution in [-0.2, 0) is 20.4 Å². The second-order valence-corrected chi connectivity index (χ2v) is 10.9. The van der Waals surface area contributed by atoms with Crippen LogP contribution < -0.4 is 0 Å². The van der Waals surface area contributed by atoms with Crippen molar-refractivity contribution in [2.75, 3.05) is 17.3 Å². The van der Waals surface area contributed by atoms with Crippen LogP contribution in [0.5, 0.6) is 0 Å². The van der Waals surface area contributed by atoms with Crippen molar-refractivity contribution in [1.29, 1.82) is 0 Å². The second kappa shape index (κ2) is 8.98. The first-order valence-electron chi connectivity index (χ1n) is 9.28. The molecule has 0 N–H and O–H groups in total. The lowest BCUT2D eigenvalue weighted by Gasteiger charge is -2.38. The zero-order valence-electron chi connectivity index (χ0n) is 14.9. The summed E-state index contributed by atoms with van der Waals surface area (Å²) in [6.07, 6.45) is 6.07. The molecule has 3 rings (SSSR count). The van der Waals surface area contributed by atoms with Gasteiger partial charge in [0.05, 0.1) is 17.3 Å². The molecule has 26 heavy (non-hydrogen) atoms. The predicted molar refractivity (Wildman–Crippen MR) is 108 cm³/mol. The average Bonchev–Trinajstić information content (AvgIpc) is 2.97. The molecular formula is C19H26ClNO3S2. The number of hydrogen-bond acceptors (Lipinski definition) is 4. The molecule has 1 aliphatic carbocycles. The molecule has 7 heteroatoms. The number of carbonyl (C=O) groups is 1. The van der Waals surface area contributed by atoms with Crippen molar-refractivity contribution in [3.63, 3.8) is 0 Å². The molecule has 0 spiro atoms. The lowest BCUT2D eigenvalue weighted by Crippen LogP contribution is -2.49. The second-order valence-electron chi connectivity index (χ2n) is 7.27. The molecule has 4 nitrogen and oxygen atoms in total. The van der Waals surface area contributed by atoms with E-state index >= 15 is 0 Å². The molecule has 1 saturated carbocycles. The molecule has 1 unspecified atom stereocenters. The summed E-state index contributed by atoms with van der Waals surface area (Å²) in [6, 6.07) is 7.75. The Morgan fingerprint density at radius 2 is 1.77 bits per heavy atom. The Kier molecular flexibility index (Phi) is 6.92. The van der Waals surface area contributed by atoms with E-state index in [1.807, 2.05) is 29.2 Å². The Bertz CT molecular complexity index is 715. The lowest BCUT2D eigenvalue weighted by atomic mass is 9.93. The zero-order valence-corrected chi connectivity index (χ0v) is 17.3. The van der Waals surface area contributed by atoms with Crippen molar-refractivity contribution < 1.29 is 13.2 Å². The van der Waals surface area contributed by atoms with Crippen LogP contribution in [0, 0.1) is 0 Å². The first-order valence-corrected chi connectivity index (χ1v) is 12.6. The molecular weight excluding hydrogens is 390 g/mol. The van der Waals surface area contributed by atoms with Gasteiger partial charge in [0.2, 0.25) is 5.91 Å². The van der Waals surface area contributed by atoms with Crippen molar-refractivity contribution in [1.82, 2.24) is 4.90 Å². The maximum atomic E-state index is 13.0. The van der Waals surface area contributed by atoms with Gasteiger partial charge in [-0.2, -0.15) is 0 Å². The van der Waals surface area contributed by atoms with Gasteiger partial charge in [-0.05, 0) is 37.0 Å². The van der Waals surface area contributed by atoms with Crippen molar-refractivity contribution in [3.05, 3.63) is 34.9 Å². The van der Waals surface area contributed by atoms with E-state index in [4.69, 9.17) is 11.6 Å². The Hall–Kier alpha value is -0.720. The van der Waals surface area contributed by atoms with E-state index in [1.165, 1.54) is 6.42 Å². The van der Waals surface area contributed by atoms with Crippen molar-refractivity contribution >= 4 is 39.1 Å². The summed E-state index contributed by atoms with van der Waals surface area (Å²) in [5.74, 6) is 1.60. The van der Waals surface area contributed by atoms with Gasteiger partial charge < -0.3 is 4.90 Å². The highest BCUT2D eigenvalue weighted by Crippen LogP contribution is 2.29. The molecule has 1 heterocycles. The highest BCUT2D eigenvalue weighted by atomic mass is 35.5. The molecule has 2 fully saturated rings. The molecule has 1 aromatic rings. The zero-order chi connectivity index (χ0) is 18.6. The highest BCUT2D eigenvalue weighted by Gasteiger charge is 2.38. The van der Waals surface area contributed by atoms with Gasteiger partial charge >= 0.3 is 0 Å². The molecule has 1 aliphatic heterocycles. The molecule has 1 atom stereocenters. The Balaban J connectivity index is 1.61. The number of halogens is 1. The van der Waals surface area contributed by atoms with Crippen LogP contribution in [-0.4, -0.2) is 48.6 Å². The van der Waals surface area contributed by atoms with Crippen LogP contribution in [0.2, 0.25) is 5.02 Å². The summed E-state index contributed by atoms with van der Waals surface area (Å²) >= 11 is 7.49. The van der Waals surface area contributed by atoms with E-state index in [0.717, 1.165) is 37.0 Å². The summed E-state index contributed by atoms with van der Waals surface area (Å²) in [7, 11) is -2.99. The summed E-state index contributed by atoms with van der Waals surface area (Å²) in [4.78, 5) is 14.9. The van der Waals surface area contributed by atoms with Gasteiger partial charge in [0.15, 0.2) is 9.84 Å². The van der Waals surface area contributed by atoms with Crippen molar-refractivity contribution in [3.8, 4) is 0 Å². The largest absolute Gasteiger partial charge is 0.335 e. The quantitative estimate of drug-likeness (QED) is 0.706. The molecule has 1 amide bonds. The molecule has 0 radical (unpaired) electrons. The smallest absolute Gasteiger partial charge is 0.233 e. The predicted octanol–water partition coefficient (Wildman–Crippen LogP) is 3.92. The first kappa shape index (κ1) is 20.0. The normalized spacial score (nSPS) is 23.0. The van der Waals surface area contributed by atoms with E-state index in [-0.39, 0.29) is 29.5 Å². The topological polar surface area (TPSA) is 54.5 Å². The number of benzene rings is 1. The van der Waals surface area contributed by atoms with E-state index < -0.39 is 9.84 Å². The fraction of sp³-hybridized carbons (Fsp3) is 0.632. The number of hydrogen-bond donors (Lipinski definition) is 0. The Morgan fingerprint density at radius 1 is 1.08 bits per heavy atom. The monoisotopic (exact) mass is 415 g/mol. The standard InChI is InChI=1S/C19H26ClNO3S2/c20-16-8-6-15(7-9-16)12-25-13-19(22)21(17-4-2-1-3-5-17)18-10-11-26(23,24)14-18/h6-9,17-18H,1-5,10-14H2. The fourth-order valence-corrected chi connectivity index (χ4v) is 6.66. The van der Waals surface area contributed by atoms with Crippen LogP contribution in [0.1, 0.15) is 44.1 Å². The lowest BCUT2D eigenvalue weighted by molar-refractivity contribution is -0.133. The number of carbonyl (C=O) groups excluding carboxylic acids is 1. The van der Waals surface area contributed by atoms with Crippen LogP contribution in [0.3, 0.4) is 0 Å². The number of rotatable bonds is 6. The van der Waals surface area contributed by atoms with Gasteiger partial charge in [-0.3, -0.25) is 4.79 Å². The van der Waals surface area contributed by atoms with Crippen LogP contribution in [0.15, 0.2) is 24.3 Å². The summed E-state index contributed by atoms with van der Waals surface area (Å²) in [5.41, 5.74) is 1.14. The number of amides is 1. The summed E-state index contributed by atoms with van der Waals surface area (Å²) in [6.45, 7) is 0. The van der Waals surface area contributed by atoms with Crippen LogP contribution >= 0.6 is 23.4 Å². The van der Waals surface area contributed by atoms with E-state index in [0.29, 0.717) is 17.2 Å². The molecule has 1 saturated heterocycles. The molecule has 1 aromatic carbocycles. The maximum Gasteiger partial charge on any atom is 0.233 e. The summed E-state index contributed by atoms with van der Waals surface area (Å²) < 4.78 is 23.8. The average molecular weight is 416 g/mol. The third kappa shape index (κ3) is 5.40. The van der Waals surface area contributed by atoms with Gasteiger partial charge in [-0.25, -0.2) is 8.42 Å². The maximum absolute atomic E-state index is 13.0.